The zero-order valence-electron chi connectivity index (χ0n) is 18.4. The van der Waals surface area contributed by atoms with E-state index in [1.165, 1.54) is 11.8 Å². The quantitative estimate of drug-likeness (QED) is 0.0947. The number of rotatable bonds is 17. The molecule has 0 aliphatic rings. The minimum absolute atomic E-state index is 0.0920. The first-order chi connectivity index (χ1) is 15.8. The van der Waals surface area contributed by atoms with Crippen LogP contribution in [0.3, 0.4) is 0 Å². The molecule has 0 saturated carbocycles. The van der Waals surface area contributed by atoms with Gasteiger partial charge in [-0.05, 0) is 24.9 Å². The molecule has 0 aliphatic heterocycles. The highest BCUT2D eigenvalue weighted by Crippen LogP contribution is 2.06. The Morgan fingerprint density at radius 3 is 1.68 bits per heavy atom. The van der Waals surface area contributed by atoms with E-state index < -0.39 is 91.3 Å². The van der Waals surface area contributed by atoms with Gasteiger partial charge in [-0.1, -0.05) is 0 Å². The van der Waals surface area contributed by atoms with Crippen molar-refractivity contribution in [1.82, 2.24) is 16.0 Å². The summed E-state index contributed by atoms with van der Waals surface area (Å²) in [7, 11) is 0. The Bertz CT molecular complexity index is 794. The molecule has 0 bridgehead atoms. The van der Waals surface area contributed by atoms with Gasteiger partial charge >= 0.3 is 11.9 Å². The van der Waals surface area contributed by atoms with Crippen LogP contribution in [0.4, 0.5) is 0 Å². The average molecular weight is 507 g/mol. The molecule has 15 nitrogen and oxygen atoms in total. The van der Waals surface area contributed by atoms with E-state index in [0.29, 0.717) is 5.75 Å². The van der Waals surface area contributed by atoms with Crippen LogP contribution < -0.4 is 33.2 Å². The van der Waals surface area contributed by atoms with Crippen molar-refractivity contribution in [2.24, 2.45) is 17.2 Å². The van der Waals surface area contributed by atoms with Crippen molar-refractivity contribution in [3.8, 4) is 0 Å². The number of aliphatic carboxylic acids is 2. The molecule has 0 aromatic heterocycles. The second-order valence-electron chi connectivity index (χ2n) is 7.18. The maximum atomic E-state index is 12.8. The van der Waals surface area contributed by atoms with Crippen LogP contribution in [0.25, 0.3) is 0 Å². The highest BCUT2D eigenvalue weighted by Gasteiger charge is 2.31. The summed E-state index contributed by atoms with van der Waals surface area (Å²) in [6, 6.07) is -5.74. The standard InChI is InChI=1S/C18H30N6O9S/c1-34-5-4-10(22-15(29)8(19)6-12(20)25)17(31)23-9(2-3-14(27)28)16(30)24-11(18(32)33)7-13(21)26/h8-11H,2-7,19H2,1H3,(H2,20,25)(H2,21,26)(H,22,29)(H,23,31)(H,24,30)(H,27,28)(H,32,33). The summed E-state index contributed by atoms with van der Waals surface area (Å²) < 4.78 is 0. The normalized spacial score (nSPS) is 14.1. The van der Waals surface area contributed by atoms with Crippen LogP contribution in [-0.2, 0) is 33.6 Å². The number of carboxylic acid groups (broad SMARTS) is 2. The van der Waals surface area contributed by atoms with Gasteiger partial charge in [0, 0.05) is 6.42 Å². The Labute approximate surface area is 198 Å². The number of carboxylic acids is 2. The number of hydrogen-bond acceptors (Lipinski definition) is 9. The lowest BCUT2D eigenvalue weighted by atomic mass is 10.1. The minimum Gasteiger partial charge on any atom is -0.481 e. The van der Waals surface area contributed by atoms with Crippen molar-refractivity contribution in [3.05, 3.63) is 0 Å². The van der Waals surface area contributed by atoms with E-state index in [-0.39, 0.29) is 6.42 Å². The van der Waals surface area contributed by atoms with Gasteiger partial charge in [-0.15, -0.1) is 0 Å². The number of amides is 5. The molecule has 5 amide bonds. The summed E-state index contributed by atoms with van der Waals surface area (Å²) >= 11 is 1.35. The highest BCUT2D eigenvalue weighted by atomic mass is 32.2. The van der Waals surface area contributed by atoms with E-state index in [1.807, 2.05) is 5.32 Å². The molecule has 0 saturated heterocycles. The lowest BCUT2D eigenvalue weighted by Gasteiger charge is -2.24. The third-order valence-electron chi connectivity index (χ3n) is 4.30. The Kier molecular flexibility index (Phi) is 13.9. The smallest absolute Gasteiger partial charge is 0.326 e. The fourth-order valence-electron chi connectivity index (χ4n) is 2.58. The first-order valence-corrected chi connectivity index (χ1v) is 11.3. The second kappa shape index (κ2) is 15.4. The zero-order valence-corrected chi connectivity index (χ0v) is 19.3. The summed E-state index contributed by atoms with van der Waals surface area (Å²) in [5.74, 6) is -7.08. The van der Waals surface area contributed by atoms with Crippen molar-refractivity contribution in [3.63, 3.8) is 0 Å². The molecule has 0 aromatic carbocycles. The van der Waals surface area contributed by atoms with Crippen molar-refractivity contribution in [1.29, 1.82) is 0 Å². The van der Waals surface area contributed by atoms with Crippen LogP contribution in [0.15, 0.2) is 0 Å². The predicted molar refractivity (Wildman–Crippen MR) is 119 cm³/mol. The molecule has 0 aromatic rings. The van der Waals surface area contributed by atoms with Crippen molar-refractivity contribution < 1.29 is 43.8 Å². The second-order valence-corrected chi connectivity index (χ2v) is 8.17. The van der Waals surface area contributed by atoms with Crippen LogP contribution in [0.5, 0.6) is 0 Å². The fraction of sp³-hybridized carbons (Fsp3) is 0.611. The Hall–Kier alpha value is -3.40. The van der Waals surface area contributed by atoms with E-state index in [0.717, 1.165) is 0 Å². The Morgan fingerprint density at radius 2 is 1.24 bits per heavy atom. The molecular formula is C18H30N6O9S. The summed E-state index contributed by atoms with van der Waals surface area (Å²) in [4.78, 5) is 81.9. The zero-order chi connectivity index (χ0) is 26.4. The van der Waals surface area contributed by atoms with Crippen LogP contribution in [0, 0.1) is 0 Å². The van der Waals surface area contributed by atoms with E-state index in [9.17, 15) is 33.6 Å². The van der Waals surface area contributed by atoms with Crippen molar-refractivity contribution in [2.75, 3.05) is 12.0 Å². The lowest BCUT2D eigenvalue weighted by Crippen LogP contribution is -2.57. The lowest BCUT2D eigenvalue weighted by molar-refractivity contribution is -0.144. The van der Waals surface area contributed by atoms with E-state index in [2.05, 4.69) is 10.6 Å². The molecule has 11 N–H and O–H groups in total. The van der Waals surface area contributed by atoms with E-state index >= 15 is 0 Å². The summed E-state index contributed by atoms with van der Waals surface area (Å²) in [5.41, 5.74) is 15.5. The molecule has 0 spiro atoms. The molecule has 192 valence electrons. The Balaban J connectivity index is 5.56. The molecule has 16 heteroatoms. The van der Waals surface area contributed by atoms with Crippen molar-refractivity contribution in [2.45, 2.75) is 56.3 Å². The molecule has 0 radical (unpaired) electrons. The highest BCUT2D eigenvalue weighted by molar-refractivity contribution is 7.98. The largest absolute Gasteiger partial charge is 0.481 e. The summed E-state index contributed by atoms with van der Waals surface area (Å²) in [5, 5.41) is 24.8. The molecule has 0 heterocycles. The first kappa shape index (κ1) is 30.6. The SMILES string of the molecule is CSCCC(NC(=O)C(N)CC(N)=O)C(=O)NC(CCC(=O)O)C(=O)NC(CC(N)=O)C(=O)O. The number of nitrogens with one attached hydrogen (secondary N) is 3. The van der Waals surface area contributed by atoms with Gasteiger partial charge in [0.15, 0.2) is 0 Å². The molecular weight excluding hydrogens is 476 g/mol. The van der Waals surface area contributed by atoms with Gasteiger partial charge < -0.3 is 43.4 Å². The van der Waals surface area contributed by atoms with Gasteiger partial charge in [-0.25, -0.2) is 4.79 Å². The maximum Gasteiger partial charge on any atom is 0.326 e. The van der Waals surface area contributed by atoms with Gasteiger partial charge in [0.1, 0.15) is 18.1 Å². The number of thioether (sulfide) groups is 1. The average Bonchev–Trinajstić information content (AvgIpc) is 2.71. The van der Waals surface area contributed by atoms with E-state index in [4.69, 9.17) is 27.4 Å². The number of carbonyl (C=O) groups is 7. The third kappa shape index (κ3) is 12.6. The van der Waals surface area contributed by atoms with Crippen LogP contribution in [0.1, 0.15) is 32.1 Å². The number of primary amides is 2. The number of nitrogens with two attached hydrogens (primary N) is 3. The molecule has 0 rings (SSSR count). The summed E-state index contributed by atoms with van der Waals surface area (Å²) in [6.45, 7) is 0. The third-order valence-corrected chi connectivity index (χ3v) is 4.95. The molecule has 0 fully saturated rings. The molecule has 4 atom stereocenters. The van der Waals surface area contributed by atoms with Crippen LogP contribution in [-0.4, -0.2) is 87.9 Å². The van der Waals surface area contributed by atoms with Gasteiger partial charge in [-0.3, -0.25) is 28.8 Å². The molecule has 34 heavy (non-hydrogen) atoms. The van der Waals surface area contributed by atoms with Crippen molar-refractivity contribution >= 4 is 53.2 Å². The van der Waals surface area contributed by atoms with Gasteiger partial charge in [0.05, 0.1) is 18.9 Å². The predicted octanol–water partition coefficient (Wildman–Crippen LogP) is -3.78. The first-order valence-electron chi connectivity index (χ1n) is 9.95. The molecule has 0 aliphatic carbocycles. The van der Waals surface area contributed by atoms with Gasteiger partial charge in [-0.2, -0.15) is 11.8 Å². The topological polar surface area (TPSA) is 274 Å². The summed E-state index contributed by atoms with van der Waals surface area (Å²) in [6.07, 6.45) is -0.344. The van der Waals surface area contributed by atoms with Crippen LogP contribution in [0.2, 0.25) is 0 Å². The van der Waals surface area contributed by atoms with Crippen LogP contribution >= 0.6 is 11.8 Å². The number of hydrogen-bond donors (Lipinski definition) is 8. The van der Waals surface area contributed by atoms with E-state index in [1.54, 1.807) is 6.26 Å². The Morgan fingerprint density at radius 1 is 0.765 bits per heavy atom. The monoisotopic (exact) mass is 506 g/mol. The fourth-order valence-corrected chi connectivity index (χ4v) is 3.05. The number of carbonyl (C=O) groups excluding carboxylic acids is 5. The maximum absolute atomic E-state index is 12.8. The van der Waals surface area contributed by atoms with Gasteiger partial charge in [0.2, 0.25) is 29.5 Å². The molecule has 4 unspecified atom stereocenters. The van der Waals surface area contributed by atoms with Gasteiger partial charge in [0.25, 0.3) is 0 Å². The minimum atomic E-state index is -1.70.